The van der Waals surface area contributed by atoms with Gasteiger partial charge in [0.2, 0.25) is 0 Å². The molecule has 12 heteroatoms. The Morgan fingerprint density at radius 2 is 1.92 bits per heavy atom. The molecule has 0 aromatic carbocycles. The van der Waals surface area contributed by atoms with Crippen LogP contribution in [0, 0.1) is 12.8 Å². The van der Waals surface area contributed by atoms with Gasteiger partial charge in [0.15, 0.2) is 17.6 Å². The lowest BCUT2D eigenvalue weighted by Crippen LogP contribution is -2.37. The van der Waals surface area contributed by atoms with Gasteiger partial charge in [0.05, 0.1) is 11.9 Å². The maximum atomic E-state index is 13.3. The van der Waals surface area contributed by atoms with Crippen LogP contribution in [0.3, 0.4) is 0 Å². The first-order valence-electron chi connectivity index (χ1n) is 12.6. The van der Waals surface area contributed by atoms with Gasteiger partial charge in [-0.15, -0.1) is 5.10 Å². The summed E-state index contributed by atoms with van der Waals surface area (Å²) < 4.78 is 46.6. The molecule has 1 aliphatic heterocycles. The number of alkyl halides is 3. The molecular weight excluding hydrogens is 485 g/mol. The number of aromatic nitrogens is 5. The van der Waals surface area contributed by atoms with Crippen molar-refractivity contribution in [3.05, 3.63) is 35.3 Å². The molecule has 0 radical (unpaired) electrons. The second kappa shape index (κ2) is 11.1. The van der Waals surface area contributed by atoms with Gasteiger partial charge in [-0.3, -0.25) is 0 Å². The molecule has 202 valence electrons. The molecule has 1 saturated heterocycles. The second-order valence-electron chi connectivity index (χ2n) is 10.1. The molecule has 2 N–H and O–H groups in total. The molecule has 0 spiro atoms. The number of fused-ring (bicyclic) bond motifs is 1. The van der Waals surface area contributed by atoms with E-state index in [4.69, 9.17) is 15.5 Å². The van der Waals surface area contributed by atoms with Crippen molar-refractivity contribution in [3.63, 3.8) is 0 Å². The SMILES string of the molecule is CCC[C@H](Oc1nc(N)c2ncc(Cc3cnc(N4CCC(CN(C)C)CC4)c(C)c3)n2n1)C(F)(F)F. The molecule has 0 unspecified atom stereocenters. The van der Waals surface area contributed by atoms with Crippen molar-refractivity contribution in [2.75, 3.05) is 44.4 Å². The molecule has 0 bridgehead atoms. The normalized spacial score (nSPS) is 16.1. The zero-order valence-electron chi connectivity index (χ0n) is 21.8. The molecule has 0 saturated carbocycles. The van der Waals surface area contributed by atoms with Crippen molar-refractivity contribution >= 4 is 17.3 Å². The van der Waals surface area contributed by atoms with Crippen LogP contribution in [0.2, 0.25) is 0 Å². The number of hydrogen-bond donors (Lipinski definition) is 1. The Kier molecular flexibility index (Phi) is 8.05. The van der Waals surface area contributed by atoms with E-state index in [9.17, 15) is 13.2 Å². The summed E-state index contributed by atoms with van der Waals surface area (Å²) in [4.78, 5) is 17.5. The molecule has 1 atom stereocenters. The molecule has 0 aliphatic carbocycles. The minimum absolute atomic E-state index is 0.0454. The number of ether oxygens (including phenoxy) is 1. The maximum absolute atomic E-state index is 13.3. The average molecular weight is 521 g/mol. The van der Waals surface area contributed by atoms with E-state index in [0.717, 1.165) is 49.4 Å². The van der Waals surface area contributed by atoms with Gasteiger partial charge in [0.25, 0.3) is 0 Å². The first-order chi connectivity index (χ1) is 17.5. The monoisotopic (exact) mass is 520 g/mol. The Morgan fingerprint density at radius 3 is 2.54 bits per heavy atom. The fourth-order valence-corrected chi connectivity index (χ4v) is 4.88. The van der Waals surface area contributed by atoms with Crippen LogP contribution in [0.1, 0.15) is 49.4 Å². The van der Waals surface area contributed by atoms with Gasteiger partial charge in [0, 0.05) is 32.3 Å². The Labute approximate surface area is 214 Å². The third-order valence-corrected chi connectivity index (χ3v) is 6.63. The zero-order chi connectivity index (χ0) is 26.7. The first-order valence-corrected chi connectivity index (χ1v) is 12.6. The lowest BCUT2D eigenvalue weighted by Gasteiger charge is -2.34. The Bertz CT molecular complexity index is 1200. The van der Waals surface area contributed by atoms with Gasteiger partial charge in [-0.05, 0) is 57.3 Å². The predicted molar refractivity (Wildman–Crippen MR) is 136 cm³/mol. The molecule has 3 aromatic heterocycles. The smallest absolute Gasteiger partial charge is 0.425 e. The summed E-state index contributed by atoms with van der Waals surface area (Å²) in [6, 6.07) is 1.65. The number of hydrogen-bond acceptors (Lipinski definition) is 8. The van der Waals surface area contributed by atoms with Crippen molar-refractivity contribution in [2.24, 2.45) is 5.92 Å². The minimum Gasteiger partial charge on any atom is -0.449 e. The Morgan fingerprint density at radius 1 is 1.19 bits per heavy atom. The van der Waals surface area contributed by atoms with E-state index in [2.05, 4.69) is 45.0 Å². The number of halogens is 3. The highest BCUT2D eigenvalue weighted by Gasteiger charge is 2.41. The van der Waals surface area contributed by atoms with Crippen LogP contribution in [0.4, 0.5) is 24.8 Å². The summed E-state index contributed by atoms with van der Waals surface area (Å²) in [5.41, 5.74) is 8.89. The summed E-state index contributed by atoms with van der Waals surface area (Å²) in [6.45, 7) is 6.77. The number of aryl methyl sites for hydroxylation is 1. The van der Waals surface area contributed by atoms with Gasteiger partial charge in [-0.2, -0.15) is 18.2 Å². The van der Waals surface area contributed by atoms with Crippen molar-refractivity contribution in [1.82, 2.24) is 29.5 Å². The van der Waals surface area contributed by atoms with Crippen molar-refractivity contribution in [2.45, 2.75) is 58.2 Å². The molecule has 4 rings (SSSR count). The summed E-state index contributed by atoms with van der Waals surface area (Å²) in [5.74, 6) is 1.65. The quantitative estimate of drug-likeness (QED) is 0.454. The highest BCUT2D eigenvalue weighted by molar-refractivity contribution is 5.60. The number of piperidine rings is 1. The number of rotatable bonds is 9. The molecule has 3 aromatic rings. The number of imidazole rings is 1. The summed E-state index contributed by atoms with van der Waals surface area (Å²) in [5, 5.41) is 4.18. The highest BCUT2D eigenvalue weighted by atomic mass is 19.4. The summed E-state index contributed by atoms with van der Waals surface area (Å²) >= 11 is 0. The van der Waals surface area contributed by atoms with E-state index in [1.807, 2.05) is 13.1 Å². The predicted octanol–water partition coefficient (Wildman–Crippen LogP) is 3.89. The Balaban J connectivity index is 1.51. The molecule has 1 fully saturated rings. The molecule has 9 nitrogen and oxygen atoms in total. The topological polar surface area (TPSA) is 97.7 Å². The van der Waals surface area contributed by atoms with Crippen LogP contribution in [0.5, 0.6) is 6.01 Å². The van der Waals surface area contributed by atoms with Gasteiger partial charge in [0.1, 0.15) is 5.82 Å². The molecule has 0 amide bonds. The fourth-order valence-electron chi connectivity index (χ4n) is 4.88. The van der Waals surface area contributed by atoms with Crippen molar-refractivity contribution in [1.29, 1.82) is 0 Å². The number of anilines is 2. The molecular formula is C25H35F3N8O. The van der Waals surface area contributed by atoms with Gasteiger partial charge in [-0.25, -0.2) is 14.5 Å². The summed E-state index contributed by atoms with van der Waals surface area (Å²) in [7, 11) is 4.22. The van der Waals surface area contributed by atoms with E-state index in [1.54, 1.807) is 13.1 Å². The van der Waals surface area contributed by atoms with Crippen LogP contribution in [-0.4, -0.2) is 75.5 Å². The van der Waals surface area contributed by atoms with Gasteiger partial charge >= 0.3 is 12.2 Å². The van der Waals surface area contributed by atoms with E-state index >= 15 is 0 Å². The number of nitrogen functional groups attached to an aromatic ring is 1. The third-order valence-electron chi connectivity index (χ3n) is 6.63. The standard InChI is InChI=1S/C25H35F3N8O/c1-5-6-20(25(26,27)28)37-24-32-21(29)23-31-14-19(36(23)33-24)12-18-11-16(2)22(30-13-18)35-9-7-17(8-10-35)15-34(3)4/h11,13-14,17,20H,5-10,12,15H2,1-4H3,(H2,29,32,33)/t20-/m0/s1. The van der Waals surface area contributed by atoms with Crippen LogP contribution in [0.25, 0.3) is 5.65 Å². The van der Waals surface area contributed by atoms with Gasteiger partial charge < -0.3 is 20.3 Å². The van der Waals surface area contributed by atoms with E-state index in [1.165, 1.54) is 4.52 Å². The van der Waals surface area contributed by atoms with Crippen LogP contribution in [0.15, 0.2) is 18.5 Å². The fraction of sp³-hybridized carbons (Fsp3) is 0.600. The third kappa shape index (κ3) is 6.41. The summed E-state index contributed by atoms with van der Waals surface area (Å²) in [6.07, 6.45) is -0.313. The van der Waals surface area contributed by atoms with Crippen LogP contribution >= 0.6 is 0 Å². The zero-order valence-corrected chi connectivity index (χ0v) is 21.8. The lowest BCUT2D eigenvalue weighted by atomic mass is 9.96. The molecule has 1 aliphatic rings. The van der Waals surface area contributed by atoms with Gasteiger partial charge in [-0.1, -0.05) is 19.4 Å². The highest BCUT2D eigenvalue weighted by Crippen LogP contribution is 2.28. The van der Waals surface area contributed by atoms with Crippen LogP contribution < -0.4 is 15.4 Å². The van der Waals surface area contributed by atoms with Crippen molar-refractivity contribution < 1.29 is 17.9 Å². The first kappa shape index (κ1) is 26.9. The Hall–Kier alpha value is -3.15. The number of nitrogens with two attached hydrogens (primary N) is 1. The number of pyridine rings is 1. The largest absolute Gasteiger partial charge is 0.449 e. The van der Waals surface area contributed by atoms with E-state index in [0.29, 0.717) is 24.5 Å². The number of nitrogens with zero attached hydrogens (tertiary/aromatic N) is 7. The molecule has 37 heavy (non-hydrogen) atoms. The van der Waals surface area contributed by atoms with E-state index < -0.39 is 18.3 Å². The van der Waals surface area contributed by atoms with Crippen molar-refractivity contribution in [3.8, 4) is 6.01 Å². The maximum Gasteiger partial charge on any atom is 0.425 e. The average Bonchev–Trinajstić information content (AvgIpc) is 3.22. The van der Waals surface area contributed by atoms with E-state index in [-0.39, 0.29) is 17.9 Å². The molecule has 4 heterocycles. The second-order valence-corrected chi connectivity index (χ2v) is 10.1. The van der Waals surface area contributed by atoms with Crippen LogP contribution in [-0.2, 0) is 6.42 Å². The minimum atomic E-state index is -4.53. The lowest BCUT2D eigenvalue weighted by molar-refractivity contribution is -0.198.